The van der Waals surface area contributed by atoms with Gasteiger partial charge < -0.3 is 5.32 Å². The Morgan fingerprint density at radius 1 is 1.10 bits per heavy atom. The molecule has 1 heterocycles. The van der Waals surface area contributed by atoms with Crippen LogP contribution in [0.15, 0.2) is 54.7 Å². The Morgan fingerprint density at radius 2 is 1.62 bits per heavy atom. The topological polar surface area (TPSA) is 42.0 Å². The van der Waals surface area contributed by atoms with E-state index in [1.165, 1.54) is 0 Å². The molecule has 0 atom stereocenters. The molecule has 1 N–H and O–H groups in total. The lowest BCUT2D eigenvalue weighted by Crippen LogP contribution is -2.28. The largest absolute Gasteiger partial charge is 0.323 e. The third-order valence-electron chi connectivity index (χ3n) is 2.54. The van der Waals surface area contributed by atoms with Gasteiger partial charge in [0.05, 0.1) is 5.69 Å². The summed E-state index contributed by atoms with van der Waals surface area (Å²) in [6.07, 6.45) is 6.87. The van der Waals surface area contributed by atoms with Crippen molar-refractivity contribution >= 4 is 11.6 Å². The van der Waals surface area contributed by atoms with Crippen molar-refractivity contribution in [3.05, 3.63) is 60.4 Å². The molecule has 0 aliphatic heterocycles. The lowest BCUT2D eigenvalue weighted by Gasteiger charge is -2.17. The van der Waals surface area contributed by atoms with Gasteiger partial charge in [-0.1, -0.05) is 57.2 Å². The Balaban J connectivity index is 0.000000304. The molecule has 2 aromatic rings. The fourth-order valence-corrected chi connectivity index (χ4v) is 1.32. The average Bonchev–Trinajstić information content (AvgIpc) is 2.49. The Labute approximate surface area is 126 Å². The number of anilines is 1. The van der Waals surface area contributed by atoms with E-state index in [4.69, 9.17) is 6.42 Å². The second-order valence-corrected chi connectivity index (χ2v) is 5.40. The highest BCUT2D eigenvalue weighted by molar-refractivity contribution is 5.95. The Hall–Kier alpha value is -2.60. The molecule has 0 radical (unpaired) electrons. The third-order valence-corrected chi connectivity index (χ3v) is 2.54. The summed E-state index contributed by atoms with van der Waals surface area (Å²) in [7, 11) is 0. The first-order valence-corrected chi connectivity index (χ1v) is 6.68. The van der Waals surface area contributed by atoms with Gasteiger partial charge in [-0.25, -0.2) is 4.98 Å². The summed E-state index contributed by atoms with van der Waals surface area (Å²) in [5.41, 5.74) is 0.594. The van der Waals surface area contributed by atoms with Gasteiger partial charge >= 0.3 is 0 Å². The van der Waals surface area contributed by atoms with Crippen LogP contribution in [0.3, 0.4) is 0 Å². The van der Waals surface area contributed by atoms with Crippen LogP contribution >= 0.6 is 0 Å². The minimum atomic E-state index is -0.443. The van der Waals surface area contributed by atoms with Crippen LogP contribution in [0.4, 0.5) is 5.69 Å². The molecule has 1 aromatic heterocycles. The van der Waals surface area contributed by atoms with Crippen molar-refractivity contribution in [1.82, 2.24) is 4.98 Å². The molecule has 0 saturated heterocycles. The van der Waals surface area contributed by atoms with Crippen molar-refractivity contribution in [1.29, 1.82) is 0 Å². The summed E-state index contributed by atoms with van der Waals surface area (Å²) >= 11 is 0. The van der Waals surface area contributed by atoms with E-state index in [2.05, 4.69) is 16.2 Å². The van der Waals surface area contributed by atoms with E-state index < -0.39 is 5.41 Å². The molecule has 0 aliphatic carbocycles. The maximum Gasteiger partial charge on any atom is 0.229 e. The van der Waals surface area contributed by atoms with E-state index in [1.807, 2.05) is 57.2 Å². The maximum atomic E-state index is 11.7. The second-order valence-electron chi connectivity index (χ2n) is 5.40. The monoisotopic (exact) mass is 280 g/mol. The van der Waals surface area contributed by atoms with Crippen molar-refractivity contribution in [3.63, 3.8) is 0 Å². The lowest BCUT2D eigenvalue weighted by atomic mass is 9.95. The number of benzene rings is 1. The predicted octanol–water partition coefficient (Wildman–Crippen LogP) is 3.73. The number of carbonyl (C=O) groups excluding carboxylic acids is 1. The molecule has 1 amide bonds. The number of hydrogen-bond donors (Lipinski definition) is 1. The zero-order chi connectivity index (χ0) is 15.7. The average molecular weight is 280 g/mol. The summed E-state index contributed by atoms with van der Waals surface area (Å²) in [4.78, 5) is 15.7. The molecule has 0 spiro atoms. The smallest absolute Gasteiger partial charge is 0.229 e. The maximum absolute atomic E-state index is 11.7. The standard InChI is InChI=1S/C12H14N2O.C6H6/c1-5-9-10(7-6-8-13-9)14-11(15)12(2,3)4;1-2-4-6-5-3-1/h1,6-8H,2-4H3,(H,14,15);1-6H. The van der Waals surface area contributed by atoms with Gasteiger partial charge in [0.1, 0.15) is 5.69 Å². The van der Waals surface area contributed by atoms with E-state index >= 15 is 0 Å². The van der Waals surface area contributed by atoms with Gasteiger partial charge in [-0.05, 0) is 18.1 Å². The van der Waals surface area contributed by atoms with E-state index in [0.29, 0.717) is 11.4 Å². The van der Waals surface area contributed by atoms with Crippen LogP contribution < -0.4 is 5.32 Å². The zero-order valence-electron chi connectivity index (χ0n) is 12.6. The lowest BCUT2D eigenvalue weighted by molar-refractivity contribution is -0.123. The van der Waals surface area contributed by atoms with E-state index in [9.17, 15) is 4.79 Å². The van der Waals surface area contributed by atoms with Crippen molar-refractivity contribution in [2.24, 2.45) is 5.41 Å². The van der Waals surface area contributed by atoms with E-state index in [-0.39, 0.29) is 5.91 Å². The minimum absolute atomic E-state index is 0.0769. The van der Waals surface area contributed by atoms with E-state index in [0.717, 1.165) is 0 Å². The molecule has 3 heteroatoms. The van der Waals surface area contributed by atoms with Crippen molar-refractivity contribution in [2.75, 3.05) is 5.32 Å². The van der Waals surface area contributed by atoms with E-state index in [1.54, 1.807) is 18.3 Å². The van der Waals surface area contributed by atoms with Crippen LogP contribution in [0.1, 0.15) is 26.5 Å². The summed E-state index contributed by atoms with van der Waals surface area (Å²) in [6.45, 7) is 5.52. The van der Waals surface area contributed by atoms with Crippen molar-refractivity contribution in [2.45, 2.75) is 20.8 Å². The summed E-state index contributed by atoms with van der Waals surface area (Å²) in [6, 6.07) is 15.5. The number of pyridine rings is 1. The molecule has 0 unspecified atom stereocenters. The SMILES string of the molecule is C#Cc1ncccc1NC(=O)C(C)(C)C.c1ccccc1. The number of rotatable bonds is 1. The molecule has 1 aromatic carbocycles. The first-order valence-electron chi connectivity index (χ1n) is 6.68. The predicted molar refractivity (Wildman–Crippen MR) is 86.7 cm³/mol. The highest BCUT2D eigenvalue weighted by atomic mass is 16.2. The number of hydrogen-bond acceptors (Lipinski definition) is 2. The summed E-state index contributed by atoms with van der Waals surface area (Å²) in [5.74, 6) is 2.35. The number of aromatic nitrogens is 1. The highest BCUT2D eigenvalue weighted by Gasteiger charge is 2.21. The van der Waals surface area contributed by atoms with Crippen LogP contribution in [0, 0.1) is 17.8 Å². The van der Waals surface area contributed by atoms with Crippen LogP contribution in [0.25, 0.3) is 0 Å². The van der Waals surface area contributed by atoms with Crippen LogP contribution in [-0.4, -0.2) is 10.9 Å². The molecule has 3 nitrogen and oxygen atoms in total. The number of nitrogens with one attached hydrogen (secondary N) is 1. The van der Waals surface area contributed by atoms with Gasteiger partial charge in [-0.2, -0.15) is 0 Å². The Bertz CT molecular complexity index is 580. The van der Waals surface area contributed by atoms with Gasteiger partial charge in [-0.15, -0.1) is 6.42 Å². The fraction of sp³-hybridized carbons (Fsp3) is 0.222. The number of amides is 1. The Morgan fingerprint density at radius 3 is 2.05 bits per heavy atom. The zero-order valence-corrected chi connectivity index (χ0v) is 12.6. The Kier molecular flexibility index (Phi) is 6.16. The molecule has 21 heavy (non-hydrogen) atoms. The third kappa shape index (κ3) is 5.92. The first kappa shape index (κ1) is 16.5. The molecule has 0 aliphatic rings. The molecular formula is C18H20N2O. The molecule has 0 fully saturated rings. The first-order chi connectivity index (χ1) is 9.95. The van der Waals surface area contributed by atoms with Crippen LogP contribution in [0.2, 0.25) is 0 Å². The van der Waals surface area contributed by atoms with Gasteiger partial charge in [0.15, 0.2) is 0 Å². The van der Waals surface area contributed by atoms with Gasteiger partial charge in [0, 0.05) is 11.6 Å². The minimum Gasteiger partial charge on any atom is -0.323 e. The number of terminal acetylenes is 1. The molecular weight excluding hydrogens is 260 g/mol. The number of nitrogens with zero attached hydrogens (tertiary/aromatic N) is 1. The second kappa shape index (κ2) is 7.86. The van der Waals surface area contributed by atoms with Gasteiger partial charge in [0.2, 0.25) is 5.91 Å². The van der Waals surface area contributed by atoms with Gasteiger partial charge in [-0.3, -0.25) is 4.79 Å². The fourth-order valence-electron chi connectivity index (χ4n) is 1.32. The summed E-state index contributed by atoms with van der Waals surface area (Å²) < 4.78 is 0. The van der Waals surface area contributed by atoms with Crippen LogP contribution in [0.5, 0.6) is 0 Å². The highest BCUT2D eigenvalue weighted by Crippen LogP contribution is 2.18. The number of carbonyl (C=O) groups is 1. The quantitative estimate of drug-likeness (QED) is 0.809. The molecule has 108 valence electrons. The molecule has 2 rings (SSSR count). The summed E-state index contributed by atoms with van der Waals surface area (Å²) in [5, 5.41) is 2.76. The molecule has 0 bridgehead atoms. The van der Waals surface area contributed by atoms with Crippen molar-refractivity contribution in [3.8, 4) is 12.3 Å². The van der Waals surface area contributed by atoms with Crippen LogP contribution in [-0.2, 0) is 4.79 Å². The van der Waals surface area contributed by atoms with Crippen molar-refractivity contribution < 1.29 is 4.79 Å². The molecule has 0 saturated carbocycles. The van der Waals surface area contributed by atoms with Gasteiger partial charge in [0.25, 0.3) is 0 Å². The normalized spacial score (nSPS) is 9.81.